The Bertz CT molecular complexity index is 2220. The molecule has 7 atom stereocenters. The van der Waals surface area contributed by atoms with E-state index in [-0.39, 0.29) is 59.4 Å². The Labute approximate surface area is 374 Å². The molecule has 4 aliphatic rings. The fourth-order valence-corrected chi connectivity index (χ4v) is 9.72. The highest BCUT2D eigenvalue weighted by Gasteiger charge is 2.41. The van der Waals surface area contributed by atoms with Crippen LogP contribution in [0, 0.1) is 23.6 Å². The molecular formula is C48H61FN8O7. The number of allylic oxidation sites excluding steroid dienone is 2. The van der Waals surface area contributed by atoms with Crippen molar-refractivity contribution in [2.45, 2.75) is 109 Å². The molecule has 1 aromatic heterocycles. The average Bonchev–Trinajstić information content (AvgIpc) is 4.14. The summed E-state index contributed by atoms with van der Waals surface area (Å²) in [6, 6.07) is 12.8. The van der Waals surface area contributed by atoms with Crippen molar-refractivity contribution in [1.82, 2.24) is 35.7 Å². The fraction of sp³-hybridized carbons (Fsp3) is 0.500. The maximum absolute atomic E-state index is 14.2. The lowest BCUT2D eigenvalue weighted by Crippen LogP contribution is -2.55. The summed E-state index contributed by atoms with van der Waals surface area (Å²) >= 11 is 0. The van der Waals surface area contributed by atoms with Crippen LogP contribution in [0.2, 0.25) is 0 Å². The third-order valence-corrected chi connectivity index (χ3v) is 13.1. The zero-order chi connectivity index (χ0) is 45.7. The number of nitrogens with zero attached hydrogens (tertiary/aromatic N) is 4. The zero-order valence-corrected chi connectivity index (χ0v) is 37.5. The minimum atomic E-state index is -0.811. The number of likely N-dealkylation sites (tertiary alicyclic amines) is 2. The normalized spacial score (nSPS) is 22.9. The summed E-state index contributed by atoms with van der Waals surface area (Å²) in [7, 11) is 2.53. The average molecular weight is 881 g/mol. The van der Waals surface area contributed by atoms with Crippen LogP contribution < -0.4 is 20.9 Å². The van der Waals surface area contributed by atoms with E-state index >= 15 is 0 Å². The zero-order valence-electron chi connectivity index (χ0n) is 37.5. The molecule has 3 aromatic rings. The molecule has 7 rings (SSSR count). The minimum Gasteiger partial charge on any atom is -0.453 e. The van der Waals surface area contributed by atoms with Gasteiger partial charge in [0.25, 0.3) is 0 Å². The van der Waals surface area contributed by atoms with Crippen LogP contribution in [0.25, 0.3) is 11.3 Å². The number of methoxy groups -OCH3 is 2. The monoisotopic (exact) mass is 880 g/mol. The van der Waals surface area contributed by atoms with Gasteiger partial charge in [0.05, 0.1) is 38.2 Å². The number of carbonyl (C=O) groups excluding carboxylic acids is 5. The number of rotatable bonds is 13. The second kappa shape index (κ2) is 20.1. The second-order valence-corrected chi connectivity index (χ2v) is 17.9. The molecular weight excluding hydrogens is 820 g/mol. The maximum Gasteiger partial charge on any atom is 0.407 e. The van der Waals surface area contributed by atoms with Crippen LogP contribution in [0.3, 0.4) is 0 Å². The third-order valence-electron chi connectivity index (χ3n) is 13.1. The molecule has 3 fully saturated rings. The topological polar surface area (TPSA) is 178 Å². The number of imidazole rings is 1. The summed E-state index contributed by atoms with van der Waals surface area (Å²) in [5.74, 6) is -0.537. The van der Waals surface area contributed by atoms with Gasteiger partial charge in [0.2, 0.25) is 17.7 Å². The number of hydrogen-bond acceptors (Lipinski definition) is 9. The molecule has 16 heteroatoms. The number of nitrogens with one attached hydrogen (secondary N) is 4. The molecule has 4 heterocycles. The molecule has 0 saturated carbocycles. The maximum atomic E-state index is 14.2. The predicted molar refractivity (Wildman–Crippen MR) is 239 cm³/mol. The van der Waals surface area contributed by atoms with E-state index in [4.69, 9.17) is 14.5 Å². The van der Waals surface area contributed by atoms with Crippen molar-refractivity contribution in [3.8, 4) is 11.3 Å². The highest BCUT2D eigenvalue weighted by atomic mass is 19.1. The first-order valence-corrected chi connectivity index (χ1v) is 22.5. The number of carbonyl (C=O) groups is 5. The molecule has 0 radical (unpaired) electrons. The predicted octanol–water partition coefficient (Wildman–Crippen LogP) is 6.92. The molecule has 15 nitrogen and oxygen atoms in total. The number of amides is 5. The SMILES string of the molecule is COC(=O)N[C@H](C(=O)N1CCC[C@H]1C(=O)NC1=CCC([C@H]2CC[C@H](c3ccc(-c4cnc([C@@H]5CCCN5C(=O)[C@@H](NC(=O)OC)C(C)C)[nH]4)cc3)N2c2ccc(F)cc2)C=C1)C(C)C. The highest BCUT2D eigenvalue weighted by molar-refractivity contribution is 5.92. The fourth-order valence-electron chi connectivity index (χ4n) is 9.72. The summed E-state index contributed by atoms with van der Waals surface area (Å²) in [4.78, 5) is 78.8. The van der Waals surface area contributed by atoms with Gasteiger partial charge >= 0.3 is 12.2 Å². The number of aromatic nitrogens is 2. The lowest BCUT2D eigenvalue weighted by molar-refractivity contribution is -0.140. The van der Waals surface area contributed by atoms with Crippen molar-refractivity contribution < 1.29 is 37.8 Å². The number of aromatic amines is 1. The number of hydrogen-bond donors (Lipinski definition) is 4. The number of H-pyrrole nitrogens is 1. The quantitative estimate of drug-likeness (QED) is 0.142. The van der Waals surface area contributed by atoms with E-state index in [0.29, 0.717) is 43.9 Å². The van der Waals surface area contributed by atoms with Crippen molar-refractivity contribution in [2.75, 3.05) is 32.2 Å². The molecule has 0 spiro atoms. The molecule has 3 aliphatic heterocycles. The molecule has 1 unspecified atom stereocenters. The molecule has 2 aromatic carbocycles. The Balaban J connectivity index is 1.02. The second-order valence-electron chi connectivity index (χ2n) is 17.9. The summed E-state index contributed by atoms with van der Waals surface area (Å²) in [6.45, 7) is 8.46. The van der Waals surface area contributed by atoms with E-state index in [2.05, 4.69) is 56.2 Å². The lowest BCUT2D eigenvalue weighted by Gasteiger charge is -2.37. The lowest BCUT2D eigenvalue weighted by atomic mass is 9.90. The molecule has 3 saturated heterocycles. The van der Waals surface area contributed by atoms with E-state index in [0.717, 1.165) is 48.2 Å². The van der Waals surface area contributed by atoms with Crippen LogP contribution in [-0.4, -0.2) is 101 Å². The van der Waals surface area contributed by atoms with E-state index in [1.807, 2.05) is 52.0 Å². The summed E-state index contributed by atoms with van der Waals surface area (Å²) in [5.41, 5.74) is 4.51. The van der Waals surface area contributed by atoms with Gasteiger partial charge in [-0.2, -0.15) is 0 Å². The number of ether oxygens (including phenoxy) is 2. The Hall–Kier alpha value is -6.19. The Morgan fingerprint density at radius 3 is 2.02 bits per heavy atom. The van der Waals surface area contributed by atoms with Crippen molar-refractivity contribution in [3.05, 3.63) is 95.9 Å². The van der Waals surface area contributed by atoms with Gasteiger partial charge in [0.15, 0.2) is 0 Å². The molecule has 342 valence electrons. The van der Waals surface area contributed by atoms with Gasteiger partial charge in [0, 0.05) is 36.4 Å². The van der Waals surface area contributed by atoms with Gasteiger partial charge in [-0.25, -0.2) is 19.0 Å². The first-order chi connectivity index (χ1) is 30.8. The van der Waals surface area contributed by atoms with Gasteiger partial charge < -0.3 is 45.1 Å². The summed E-state index contributed by atoms with van der Waals surface area (Å²) < 4.78 is 23.8. The molecule has 5 amide bonds. The van der Waals surface area contributed by atoms with Crippen LogP contribution in [0.5, 0.6) is 0 Å². The van der Waals surface area contributed by atoms with Crippen LogP contribution in [-0.2, 0) is 23.9 Å². The smallest absolute Gasteiger partial charge is 0.407 e. The van der Waals surface area contributed by atoms with E-state index in [9.17, 15) is 28.4 Å². The number of halogens is 1. The summed E-state index contributed by atoms with van der Waals surface area (Å²) in [6.07, 6.45) is 11.8. The van der Waals surface area contributed by atoms with Gasteiger partial charge in [-0.3, -0.25) is 14.4 Å². The van der Waals surface area contributed by atoms with Crippen molar-refractivity contribution in [3.63, 3.8) is 0 Å². The van der Waals surface area contributed by atoms with Crippen molar-refractivity contribution in [2.24, 2.45) is 17.8 Å². The van der Waals surface area contributed by atoms with Gasteiger partial charge in [-0.15, -0.1) is 0 Å². The third kappa shape index (κ3) is 9.95. The van der Waals surface area contributed by atoms with E-state index in [1.165, 1.54) is 26.4 Å². The van der Waals surface area contributed by atoms with Gasteiger partial charge in [-0.1, -0.05) is 64.1 Å². The first-order valence-electron chi connectivity index (χ1n) is 22.5. The van der Waals surface area contributed by atoms with Crippen LogP contribution in [0.4, 0.5) is 19.7 Å². The molecule has 4 N–H and O–H groups in total. The molecule has 1 aliphatic carbocycles. The summed E-state index contributed by atoms with van der Waals surface area (Å²) in [5, 5.41) is 8.38. The van der Waals surface area contributed by atoms with Crippen molar-refractivity contribution >= 4 is 35.6 Å². The Morgan fingerprint density at radius 1 is 0.781 bits per heavy atom. The van der Waals surface area contributed by atoms with E-state index < -0.39 is 30.3 Å². The van der Waals surface area contributed by atoms with Crippen LogP contribution >= 0.6 is 0 Å². The number of anilines is 1. The van der Waals surface area contributed by atoms with Crippen LogP contribution in [0.1, 0.15) is 96.1 Å². The van der Waals surface area contributed by atoms with E-state index in [1.54, 1.807) is 16.0 Å². The Kier molecular flexibility index (Phi) is 14.4. The van der Waals surface area contributed by atoms with Crippen molar-refractivity contribution in [1.29, 1.82) is 0 Å². The number of benzene rings is 2. The Morgan fingerprint density at radius 2 is 1.41 bits per heavy atom. The highest BCUT2D eigenvalue weighted by Crippen LogP contribution is 2.44. The minimum absolute atomic E-state index is 0.0279. The molecule has 64 heavy (non-hydrogen) atoms. The largest absolute Gasteiger partial charge is 0.453 e. The first kappa shape index (κ1) is 45.8. The molecule has 0 bridgehead atoms. The van der Waals surface area contributed by atoms with Gasteiger partial charge in [0.1, 0.15) is 29.8 Å². The van der Waals surface area contributed by atoms with Gasteiger partial charge in [-0.05, 0) is 98.2 Å². The number of alkyl carbamates (subject to hydrolysis) is 2. The van der Waals surface area contributed by atoms with Crippen LogP contribution in [0.15, 0.2) is 78.7 Å². The standard InChI is InChI=1S/C48H61FN8O7/c1-28(2)41(53-47(61)63-5)45(59)55-25-7-9-39(55)43-50-27-36(52-43)30-11-13-31(14-12-30)37-23-24-38(57(37)35-21-17-33(49)18-22-35)32-15-19-34(20-16-32)51-44(58)40-10-8-26-56(40)46(60)42(29(3)4)54-48(62)64-6/h11-15,17-22,27-29,32,37-42H,7-10,16,23-26H2,1-6H3,(H,50,52)(H,51,58)(H,53,61)(H,54,62)/t32?,37-,38-,39+,40+,41+,42+/m1/s1.